The number of ether oxygens (including phenoxy) is 2. The number of hydrogen-bond acceptors (Lipinski definition) is 6. The summed E-state index contributed by atoms with van der Waals surface area (Å²) in [5.41, 5.74) is 3.06. The second-order valence-corrected chi connectivity index (χ2v) is 7.02. The Bertz CT molecular complexity index is 1210. The molecule has 0 saturated heterocycles. The molecule has 0 aliphatic carbocycles. The Labute approximate surface area is 187 Å². The van der Waals surface area contributed by atoms with Gasteiger partial charge in [0.25, 0.3) is 0 Å². The van der Waals surface area contributed by atoms with Gasteiger partial charge in [-0.15, -0.1) is 13.2 Å². The standard InChI is InChI=1S/C23H21F3N4O3/c24-23(25,26)33-18-8-4-7-17(13-18)19-15-28-30-21(27-9-11-32-12-10-31)14-20(29-22(19)30)16-5-2-1-3-6-16/h1-8,13-15,27,31H,9-12H2. The first-order chi connectivity index (χ1) is 15.9. The van der Waals surface area contributed by atoms with Gasteiger partial charge in [0, 0.05) is 23.7 Å². The third kappa shape index (κ3) is 5.60. The number of halogens is 3. The van der Waals surface area contributed by atoms with Crippen LogP contribution in [0.1, 0.15) is 0 Å². The lowest BCUT2D eigenvalue weighted by molar-refractivity contribution is -0.274. The monoisotopic (exact) mass is 458 g/mol. The molecule has 0 aliphatic rings. The lowest BCUT2D eigenvalue weighted by atomic mass is 10.1. The molecule has 172 valence electrons. The molecule has 0 saturated carbocycles. The highest BCUT2D eigenvalue weighted by Gasteiger charge is 2.31. The molecular weight excluding hydrogens is 437 g/mol. The topological polar surface area (TPSA) is 80.9 Å². The zero-order valence-electron chi connectivity index (χ0n) is 17.4. The second kappa shape index (κ2) is 9.88. The van der Waals surface area contributed by atoms with Crippen molar-refractivity contribution in [3.05, 3.63) is 66.9 Å². The molecule has 0 unspecified atom stereocenters. The van der Waals surface area contributed by atoms with E-state index < -0.39 is 6.36 Å². The number of fused-ring (bicyclic) bond motifs is 1. The molecule has 0 fully saturated rings. The highest BCUT2D eigenvalue weighted by Crippen LogP contribution is 2.32. The van der Waals surface area contributed by atoms with Crippen LogP contribution in [0.25, 0.3) is 28.0 Å². The summed E-state index contributed by atoms with van der Waals surface area (Å²) in [6.07, 6.45) is -3.23. The van der Waals surface area contributed by atoms with E-state index in [2.05, 4.69) is 15.2 Å². The highest BCUT2D eigenvalue weighted by atomic mass is 19.4. The first-order valence-electron chi connectivity index (χ1n) is 10.2. The van der Waals surface area contributed by atoms with Crippen LogP contribution in [0.3, 0.4) is 0 Å². The molecule has 4 aromatic rings. The van der Waals surface area contributed by atoms with Crippen molar-refractivity contribution >= 4 is 11.5 Å². The van der Waals surface area contributed by atoms with Gasteiger partial charge in [-0.2, -0.15) is 9.61 Å². The molecule has 0 radical (unpaired) electrons. The van der Waals surface area contributed by atoms with Crippen molar-refractivity contribution in [2.45, 2.75) is 6.36 Å². The Balaban J connectivity index is 1.74. The minimum atomic E-state index is -4.78. The smallest absolute Gasteiger partial charge is 0.406 e. The van der Waals surface area contributed by atoms with Crippen LogP contribution in [0, 0.1) is 0 Å². The van der Waals surface area contributed by atoms with Crippen LogP contribution in [0.2, 0.25) is 0 Å². The van der Waals surface area contributed by atoms with Crippen molar-refractivity contribution in [1.82, 2.24) is 14.6 Å². The summed E-state index contributed by atoms with van der Waals surface area (Å²) < 4.78 is 49.0. The third-order valence-electron chi connectivity index (χ3n) is 4.71. The third-order valence-corrected chi connectivity index (χ3v) is 4.71. The van der Waals surface area contributed by atoms with Gasteiger partial charge < -0.3 is 19.9 Å². The first-order valence-corrected chi connectivity index (χ1v) is 10.2. The Morgan fingerprint density at radius 2 is 1.76 bits per heavy atom. The molecule has 2 N–H and O–H groups in total. The normalized spacial score (nSPS) is 11.6. The number of anilines is 1. The molecule has 4 rings (SSSR count). The predicted octanol–water partition coefficient (Wildman–Crippen LogP) is 4.38. The Morgan fingerprint density at radius 1 is 0.970 bits per heavy atom. The second-order valence-electron chi connectivity index (χ2n) is 7.02. The van der Waals surface area contributed by atoms with Gasteiger partial charge in [-0.25, -0.2) is 4.98 Å². The van der Waals surface area contributed by atoms with Crippen molar-refractivity contribution in [2.24, 2.45) is 0 Å². The summed E-state index contributed by atoms with van der Waals surface area (Å²) in [6, 6.07) is 17.1. The summed E-state index contributed by atoms with van der Waals surface area (Å²) in [4.78, 5) is 4.74. The number of nitrogens with one attached hydrogen (secondary N) is 1. The van der Waals surface area contributed by atoms with Crippen LogP contribution < -0.4 is 10.1 Å². The SMILES string of the molecule is OCCOCCNc1cc(-c2ccccc2)nc2c(-c3cccc(OC(F)(F)F)c3)cnn12. The van der Waals surface area contributed by atoms with E-state index in [1.165, 1.54) is 18.2 Å². The molecule has 2 aromatic heterocycles. The van der Waals surface area contributed by atoms with Gasteiger partial charge in [0.15, 0.2) is 5.65 Å². The molecule has 2 aromatic carbocycles. The van der Waals surface area contributed by atoms with E-state index >= 15 is 0 Å². The minimum Gasteiger partial charge on any atom is -0.406 e. The lowest BCUT2D eigenvalue weighted by Crippen LogP contribution is -2.17. The van der Waals surface area contributed by atoms with Crippen LogP contribution in [0.5, 0.6) is 5.75 Å². The molecule has 2 heterocycles. The van der Waals surface area contributed by atoms with Gasteiger partial charge in [0.1, 0.15) is 11.6 Å². The number of alkyl halides is 3. The maximum atomic E-state index is 12.7. The number of nitrogens with zero attached hydrogens (tertiary/aromatic N) is 3. The molecule has 0 bridgehead atoms. The van der Waals surface area contributed by atoms with E-state index in [4.69, 9.17) is 14.8 Å². The Kier molecular flexibility index (Phi) is 6.76. The average Bonchev–Trinajstić information content (AvgIpc) is 3.23. The summed E-state index contributed by atoms with van der Waals surface area (Å²) in [5.74, 6) is 0.318. The van der Waals surface area contributed by atoms with E-state index in [9.17, 15) is 13.2 Å². The van der Waals surface area contributed by atoms with Crippen LogP contribution in [0.4, 0.5) is 19.0 Å². The minimum absolute atomic E-state index is 0.0582. The number of hydrogen-bond donors (Lipinski definition) is 2. The number of rotatable bonds is 9. The van der Waals surface area contributed by atoms with Crippen molar-refractivity contribution < 1.29 is 27.8 Å². The van der Waals surface area contributed by atoms with E-state index in [1.807, 2.05) is 36.4 Å². The maximum absolute atomic E-state index is 12.7. The van der Waals surface area contributed by atoms with Crippen LogP contribution in [-0.4, -0.2) is 52.4 Å². The van der Waals surface area contributed by atoms with E-state index in [0.29, 0.717) is 41.4 Å². The molecule has 7 nitrogen and oxygen atoms in total. The van der Waals surface area contributed by atoms with Gasteiger partial charge in [0.05, 0.1) is 31.7 Å². The highest BCUT2D eigenvalue weighted by molar-refractivity contribution is 5.81. The first kappa shape index (κ1) is 22.6. The number of aliphatic hydroxyl groups excluding tert-OH is 1. The van der Waals surface area contributed by atoms with Crippen molar-refractivity contribution in [3.8, 4) is 28.1 Å². The van der Waals surface area contributed by atoms with E-state index in [1.54, 1.807) is 16.8 Å². The summed E-state index contributed by atoms with van der Waals surface area (Å²) in [5, 5.41) is 16.5. The van der Waals surface area contributed by atoms with E-state index in [0.717, 1.165) is 5.56 Å². The van der Waals surface area contributed by atoms with Crippen molar-refractivity contribution in [1.29, 1.82) is 0 Å². The maximum Gasteiger partial charge on any atom is 0.573 e. The predicted molar refractivity (Wildman–Crippen MR) is 117 cm³/mol. The Morgan fingerprint density at radius 3 is 2.52 bits per heavy atom. The van der Waals surface area contributed by atoms with Crippen molar-refractivity contribution in [3.63, 3.8) is 0 Å². The van der Waals surface area contributed by atoms with Gasteiger partial charge in [-0.3, -0.25) is 0 Å². The van der Waals surface area contributed by atoms with Gasteiger partial charge >= 0.3 is 6.36 Å². The number of aromatic nitrogens is 3. The fourth-order valence-electron chi connectivity index (χ4n) is 3.33. The molecule has 33 heavy (non-hydrogen) atoms. The van der Waals surface area contributed by atoms with Crippen molar-refractivity contribution in [2.75, 3.05) is 31.7 Å². The molecule has 0 atom stereocenters. The van der Waals surface area contributed by atoms with Gasteiger partial charge in [0.2, 0.25) is 0 Å². The fourth-order valence-corrected chi connectivity index (χ4v) is 3.33. The van der Waals surface area contributed by atoms with Crippen LogP contribution in [0.15, 0.2) is 66.9 Å². The quantitative estimate of drug-likeness (QED) is 0.362. The van der Waals surface area contributed by atoms with Crippen LogP contribution in [-0.2, 0) is 4.74 Å². The zero-order chi connectivity index (χ0) is 23.3. The lowest BCUT2D eigenvalue weighted by Gasteiger charge is -2.12. The Hall–Kier alpha value is -3.63. The van der Waals surface area contributed by atoms with Crippen LogP contribution >= 0.6 is 0 Å². The summed E-state index contributed by atoms with van der Waals surface area (Å²) in [6.45, 7) is 1.01. The molecule has 0 amide bonds. The average molecular weight is 458 g/mol. The van der Waals surface area contributed by atoms with E-state index in [-0.39, 0.29) is 19.0 Å². The van der Waals surface area contributed by atoms with Gasteiger partial charge in [-0.1, -0.05) is 42.5 Å². The fraction of sp³-hybridized carbons (Fsp3) is 0.217. The number of benzene rings is 2. The zero-order valence-corrected chi connectivity index (χ0v) is 17.4. The number of aliphatic hydroxyl groups is 1. The molecule has 0 aliphatic heterocycles. The van der Waals surface area contributed by atoms with Gasteiger partial charge in [-0.05, 0) is 17.7 Å². The largest absolute Gasteiger partial charge is 0.573 e. The molecular formula is C23H21F3N4O3. The molecule has 0 spiro atoms. The molecule has 10 heteroatoms. The summed E-state index contributed by atoms with van der Waals surface area (Å²) >= 11 is 0. The summed E-state index contributed by atoms with van der Waals surface area (Å²) in [7, 11) is 0.